The first-order chi connectivity index (χ1) is 9.29. The van der Waals surface area contributed by atoms with Crippen LogP contribution in [0.15, 0.2) is 34.4 Å². The number of furan rings is 1. The Bertz CT molecular complexity index is 655. The Kier molecular flexibility index (Phi) is 3.27. The minimum absolute atomic E-state index is 0.717. The first kappa shape index (κ1) is 12.3. The van der Waals surface area contributed by atoms with Crippen LogP contribution in [0.5, 0.6) is 0 Å². The SMILES string of the molecule is CNCc1c(N(C)Cc2ccco2)nc2sccn12. The van der Waals surface area contributed by atoms with Crippen molar-refractivity contribution in [1.82, 2.24) is 14.7 Å². The van der Waals surface area contributed by atoms with E-state index in [0.717, 1.165) is 23.1 Å². The van der Waals surface area contributed by atoms with Crippen molar-refractivity contribution in [3.05, 3.63) is 41.4 Å². The molecule has 0 radical (unpaired) electrons. The molecule has 0 amide bonds. The Morgan fingerprint density at radius 3 is 3.16 bits per heavy atom. The van der Waals surface area contributed by atoms with Crippen LogP contribution >= 0.6 is 11.3 Å². The summed E-state index contributed by atoms with van der Waals surface area (Å²) in [6, 6.07) is 3.89. The fourth-order valence-electron chi connectivity index (χ4n) is 2.17. The van der Waals surface area contributed by atoms with Crippen molar-refractivity contribution >= 4 is 22.1 Å². The van der Waals surface area contributed by atoms with E-state index in [1.165, 1.54) is 5.69 Å². The molecule has 0 unspecified atom stereocenters. The van der Waals surface area contributed by atoms with E-state index in [2.05, 4.69) is 26.2 Å². The molecule has 0 atom stereocenters. The van der Waals surface area contributed by atoms with Crippen LogP contribution in [0.25, 0.3) is 4.96 Å². The number of nitrogens with zero attached hydrogens (tertiary/aromatic N) is 3. The summed E-state index contributed by atoms with van der Waals surface area (Å²) in [5.74, 6) is 1.94. The first-order valence-corrected chi connectivity index (χ1v) is 7.00. The lowest BCUT2D eigenvalue weighted by atomic mass is 10.3. The molecule has 0 saturated heterocycles. The van der Waals surface area contributed by atoms with Gasteiger partial charge in [0, 0.05) is 25.2 Å². The molecule has 3 aromatic rings. The molecule has 100 valence electrons. The lowest BCUT2D eigenvalue weighted by molar-refractivity contribution is 0.506. The number of imidazole rings is 1. The predicted molar refractivity (Wildman–Crippen MR) is 76.6 cm³/mol. The molecule has 1 N–H and O–H groups in total. The van der Waals surface area contributed by atoms with E-state index in [4.69, 9.17) is 9.40 Å². The zero-order valence-electron chi connectivity index (χ0n) is 11.0. The van der Waals surface area contributed by atoms with Crippen molar-refractivity contribution in [1.29, 1.82) is 0 Å². The average molecular weight is 276 g/mol. The monoisotopic (exact) mass is 276 g/mol. The van der Waals surface area contributed by atoms with Crippen molar-refractivity contribution in [2.24, 2.45) is 0 Å². The number of anilines is 1. The maximum absolute atomic E-state index is 5.39. The van der Waals surface area contributed by atoms with Crippen molar-refractivity contribution in [3.8, 4) is 0 Å². The molecule has 3 rings (SSSR count). The van der Waals surface area contributed by atoms with Crippen LogP contribution in [-0.4, -0.2) is 23.5 Å². The minimum atomic E-state index is 0.717. The van der Waals surface area contributed by atoms with Gasteiger partial charge in [-0.15, -0.1) is 11.3 Å². The predicted octanol–water partition coefficient (Wildman–Crippen LogP) is 2.34. The van der Waals surface area contributed by atoms with Gasteiger partial charge >= 0.3 is 0 Å². The Labute approximate surface area is 115 Å². The van der Waals surface area contributed by atoms with Crippen LogP contribution in [0.2, 0.25) is 0 Å². The van der Waals surface area contributed by atoms with E-state index >= 15 is 0 Å². The maximum Gasteiger partial charge on any atom is 0.195 e. The topological polar surface area (TPSA) is 45.7 Å². The molecule has 0 bridgehead atoms. The van der Waals surface area contributed by atoms with Gasteiger partial charge in [-0.05, 0) is 19.2 Å². The Morgan fingerprint density at radius 1 is 1.53 bits per heavy atom. The third-order valence-electron chi connectivity index (χ3n) is 3.02. The number of rotatable bonds is 5. The van der Waals surface area contributed by atoms with E-state index in [9.17, 15) is 0 Å². The Hall–Kier alpha value is -1.79. The highest BCUT2D eigenvalue weighted by Crippen LogP contribution is 2.25. The molecule has 6 heteroatoms. The molecule has 0 saturated carbocycles. The van der Waals surface area contributed by atoms with E-state index in [1.807, 2.05) is 26.2 Å². The number of hydrogen-bond acceptors (Lipinski definition) is 5. The summed E-state index contributed by atoms with van der Waals surface area (Å²) >= 11 is 1.65. The van der Waals surface area contributed by atoms with Crippen LogP contribution < -0.4 is 10.2 Å². The van der Waals surface area contributed by atoms with Crippen molar-refractivity contribution in [3.63, 3.8) is 0 Å². The first-order valence-electron chi connectivity index (χ1n) is 6.12. The van der Waals surface area contributed by atoms with Crippen LogP contribution in [0.1, 0.15) is 11.5 Å². The molecule has 3 aromatic heterocycles. The normalized spacial score (nSPS) is 11.3. The van der Waals surface area contributed by atoms with Gasteiger partial charge < -0.3 is 14.6 Å². The van der Waals surface area contributed by atoms with E-state index < -0.39 is 0 Å². The third-order valence-corrected chi connectivity index (χ3v) is 3.78. The summed E-state index contributed by atoms with van der Waals surface area (Å²) in [6.45, 7) is 1.50. The van der Waals surface area contributed by atoms with Gasteiger partial charge in [0.2, 0.25) is 0 Å². The summed E-state index contributed by atoms with van der Waals surface area (Å²) in [5.41, 5.74) is 1.17. The minimum Gasteiger partial charge on any atom is -0.467 e. The van der Waals surface area contributed by atoms with Crippen LogP contribution in [-0.2, 0) is 13.1 Å². The summed E-state index contributed by atoms with van der Waals surface area (Å²) in [6.07, 6.45) is 3.76. The van der Waals surface area contributed by atoms with Gasteiger partial charge in [-0.1, -0.05) is 0 Å². The Morgan fingerprint density at radius 2 is 2.42 bits per heavy atom. The van der Waals surface area contributed by atoms with Gasteiger partial charge in [-0.25, -0.2) is 4.98 Å². The number of aromatic nitrogens is 2. The summed E-state index contributed by atoms with van der Waals surface area (Å²) < 4.78 is 7.53. The van der Waals surface area contributed by atoms with Crippen molar-refractivity contribution in [2.75, 3.05) is 19.0 Å². The second kappa shape index (κ2) is 5.07. The van der Waals surface area contributed by atoms with E-state index in [0.29, 0.717) is 6.54 Å². The zero-order valence-corrected chi connectivity index (χ0v) is 11.8. The molecule has 0 aliphatic heterocycles. The molecule has 0 aromatic carbocycles. The van der Waals surface area contributed by atoms with Gasteiger partial charge in [0.25, 0.3) is 0 Å². The van der Waals surface area contributed by atoms with Gasteiger partial charge in [-0.3, -0.25) is 4.40 Å². The highest BCUT2D eigenvalue weighted by atomic mass is 32.1. The standard InChI is InChI=1S/C13H16N4OS/c1-14-8-11-12(15-13-17(11)5-7-19-13)16(2)9-10-4-3-6-18-10/h3-7,14H,8-9H2,1-2H3. The second-order valence-electron chi connectivity index (χ2n) is 4.40. The molecule has 19 heavy (non-hydrogen) atoms. The average Bonchev–Trinajstić information content (AvgIpc) is 3.07. The van der Waals surface area contributed by atoms with Crippen molar-refractivity contribution < 1.29 is 4.42 Å². The summed E-state index contributed by atoms with van der Waals surface area (Å²) in [4.78, 5) is 7.83. The largest absolute Gasteiger partial charge is 0.467 e. The fraction of sp³-hybridized carbons (Fsp3) is 0.308. The molecule has 0 aliphatic rings. The van der Waals surface area contributed by atoms with Crippen LogP contribution in [0.4, 0.5) is 5.82 Å². The van der Waals surface area contributed by atoms with Crippen LogP contribution in [0, 0.1) is 0 Å². The molecular weight excluding hydrogens is 260 g/mol. The number of thiazole rings is 1. The summed E-state index contributed by atoms with van der Waals surface area (Å²) in [7, 11) is 3.98. The molecular formula is C13H16N4OS. The van der Waals surface area contributed by atoms with Gasteiger partial charge in [0.1, 0.15) is 5.76 Å². The molecule has 0 fully saturated rings. The number of nitrogens with one attached hydrogen (secondary N) is 1. The number of fused-ring (bicyclic) bond motifs is 1. The van der Waals surface area contributed by atoms with Crippen molar-refractivity contribution in [2.45, 2.75) is 13.1 Å². The van der Waals surface area contributed by atoms with E-state index in [-0.39, 0.29) is 0 Å². The smallest absolute Gasteiger partial charge is 0.195 e. The van der Waals surface area contributed by atoms with Gasteiger partial charge in [0.05, 0.1) is 18.5 Å². The maximum atomic E-state index is 5.39. The lowest BCUT2D eigenvalue weighted by Gasteiger charge is -2.16. The molecule has 3 heterocycles. The van der Waals surface area contributed by atoms with Crippen LogP contribution in [0.3, 0.4) is 0 Å². The fourth-order valence-corrected chi connectivity index (χ4v) is 2.90. The highest BCUT2D eigenvalue weighted by Gasteiger charge is 2.16. The second-order valence-corrected chi connectivity index (χ2v) is 5.28. The van der Waals surface area contributed by atoms with Gasteiger partial charge in [0.15, 0.2) is 10.8 Å². The number of hydrogen-bond donors (Lipinski definition) is 1. The third kappa shape index (κ3) is 2.24. The van der Waals surface area contributed by atoms with Gasteiger partial charge in [-0.2, -0.15) is 0 Å². The zero-order chi connectivity index (χ0) is 13.2. The summed E-state index contributed by atoms with van der Waals surface area (Å²) in [5, 5.41) is 5.25. The molecule has 5 nitrogen and oxygen atoms in total. The Balaban J connectivity index is 1.94. The molecule has 0 aliphatic carbocycles. The highest BCUT2D eigenvalue weighted by molar-refractivity contribution is 7.15. The quantitative estimate of drug-likeness (QED) is 0.777. The van der Waals surface area contributed by atoms with E-state index in [1.54, 1.807) is 17.6 Å². The molecule has 0 spiro atoms. The lowest BCUT2D eigenvalue weighted by Crippen LogP contribution is -2.20.